The van der Waals surface area contributed by atoms with E-state index in [1.54, 1.807) is 0 Å². The van der Waals surface area contributed by atoms with E-state index in [1.165, 1.54) is 0 Å². The van der Waals surface area contributed by atoms with E-state index >= 15 is 0 Å². The Morgan fingerprint density at radius 2 is 1.24 bits per heavy atom. The van der Waals surface area contributed by atoms with Crippen LogP contribution in [0.2, 0.25) is 0 Å². The molecule has 0 unspecified atom stereocenters. The van der Waals surface area contributed by atoms with Gasteiger partial charge in [-0.1, -0.05) is 36.4 Å². The molecule has 2 heterocycles. The van der Waals surface area contributed by atoms with Crippen molar-refractivity contribution < 1.29 is 8.83 Å². The molecule has 0 aliphatic rings. The van der Waals surface area contributed by atoms with Gasteiger partial charge in [0.2, 0.25) is 0 Å². The zero-order chi connectivity index (χ0) is 14.2. The largest absolute Gasteiger partial charge is 0.459 e. The second-order valence-electron chi connectivity index (χ2n) is 5.09. The SMILES string of the molecule is CNC(c1cc2ccccc2o1)c1cc2ccccc2o1. The molecule has 104 valence electrons. The molecule has 2 aromatic carbocycles. The van der Waals surface area contributed by atoms with Gasteiger partial charge in [-0.05, 0) is 31.3 Å². The van der Waals surface area contributed by atoms with Crippen molar-refractivity contribution in [2.75, 3.05) is 7.05 Å². The van der Waals surface area contributed by atoms with Crippen LogP contribution in [0, 0.1) is 0 Å². The monoisotopic (exact) mass is 277 g/mol. The Morgan fingerprint density at radius 1 is 0.762 bits per heavy atom. The van der Waals surface area contributed by atoms with E-state index in [-0.39, 0.29) is 6.04 Å². The highest BCUT2D eigenvalue weighted by atomic mass is 16.4. The van der Waals surface area contributed by atoms with Crippen molar-refractivity contribution in [3.05, 3.63) is 72.2 Å². The van der Waals surface area contributed by atoms with Crippen molar-refractivity contribution >= 4 is 21.9 Å². The summed E-state index contributed by atoms with van der Waals surface area (Å²) in [7, 11) is 1.91. The van der Waals surface area contributed by atoms with Crippen LogP contribution in [0.1, 0.15) is 17.6 Å². The highest BCUT2D eigenvalue weighted by Crippen LogP contribution is 2.31. The van der Waals surface area contributed by atoms with E-state index < -0.39 is 0 Å². The van der Waals surface area contributed by atoms with E-state index in [2.05, 4.69) is 17.4 Å². The fourth-order valence-electron chi connectivity index (χ4n) is 2.71. The Labute approximate surface area is 122 Å². The van der Waals surface area contributed by atoms with Crippen LogP contribution < -0.4 is 5.32 Å². The first-order chi connectivity index (χ1) is 10.3. The Balaban J connectivity index is 1.83. The molecule has 21 heavy (non-hydrogen) atoms. The number of benzene rings is 2. The van der Waals surface area contributed by atoms with Crippen molar-refractivity contribution in [1.29, 1.82) is 0 Å². The Bertz CT molecular complexity index is 764. The average molecular weight is 277 g/mol. The second kappa shape index (κ2) is 4.79. The van der Waals surface area contributed by atoms with Gasteiger partial charge in [0.15, 0.2) is 0 Å². The number of hydrogen-bond acceptors (Lipinski definition) is 3. The van der Waals surface area contributed by atoms with Gasteiger partial charge in [0.25, 0.3) is 0 Å². The Morgan fingerprint density at radius 3 is 1.67 bits per heavy atom. The van der Waals surface area contributed by atoms with Gasteiger partial charge in [0.05, 0.1) is 0 Å². The van der Waals surface area contributed by atoms with Gasteiger partial charge in [-0.25, -0.2) is 0 Å². The van der Waals surface area contributed by atoms with Gasteiger partial charge in [-0.3, -0.25) is 0 Å². The summed E-state index contributed by atoms with van der Waals surface area (Å²) in [5.74, 6) is 1.72. The lowest BCUT2D eigenvalue weighted by molar-refractivity contribution is 0.429. The van der Waals surface area contributed by atoms with Gasteiger partial charge < -0.3 is 14.2 Å². The van der Waals surface area contributed by atoms with Gasteiger partial charge in [0.1, 0.15) is 28.7 Å². The van der Waals surface area contributed by atoms with E-state index in [0.717, 1.165) is 33.5 Å². The average Bonchev–Trinajstić information content (AvgIpc) is 3.11. The smallest absolute Gasteiger partial charge is 0.134 e. The molecule has 4 rings (SSSR count). The molecule has 0 saturated carbocycles. The van der Waals surface area contributed by atoms with Crippen LogP contribution in [-0.4, -0.2) is 7.05 Å². The predicted molar refractivity (Wildman–Crippen MR) is 83.3 cm³/mol. The van der Waals surface area contributed by atoms with Crippen molar-refractivity contribution in [3.63, 3.8) is 0 Å². The summed E-state index contributed by atoms with van der Waals surface area (Å²) in [5, 5.41) is 5.47. The lowest BCUT2D eigenvalue weighted by Crippen LogP contribution is -2.16. The third-order valence-corrected chi connectivity index (χ3v) is 3.75. The predicted octanol–water partition coefficient (Wildman–Crippen LogP) is 4.49. The van der Waals surface area contributed by atoms with Crippen LogP contribution in [0.3, 0.4) is 0 Å². The number of nitrogens with one attached hydrogen (secondary N) is 1. The minimum Gasteiger partial charge on any atom is -0.459 e. The van der Waals surface area contributed by atoms with Crippen molar-refractivity contribution in [2.45, 2.75) is 6.04 Å². The third kappa shape index (κ3) is 2.03. The molecule has 0 amide bonds. The number of rotatable bonds is 3. The molecule has 0 fully saturated rings. The van der Waals surface area contributed by atoms with Crippen molar-refractivity contribution in [2.24, 2.45) is 0 Å². The molecule has 0 radical (unpaired) electrons. The number of hydrogen-bond donors (Lipinski definition) is 1. The molecule has 3 heteroatoms. The quantitative estimate of drug-likeness (QED) is 0.599. The highest BCUT2D eigenvalue weighted by molar-refractivity contribution is 5.79. The maximum absolute atomic E-state index is 5.95. The van der Waals surface area contributed by atoms with Crippen LogP contribution in [-0.2, 0) is 0 Å². The first-order valence-corrected chi connectivity index (χ1v) is 6.99. The summed E-state index contributed by atoms with van der Waals surface area (Å²) >= 11 is 0. The number of fused-ring (bicyclic) bond motifs is 2. The topological polar surface area (TPSA) is 38.3 Å². The normalized spacial score (nSPS) is 11.7. The molecule has 2 aromatic heterocycles. The van der Waals surface area contributed by atoms with Crippen LogP contribution in [0.25, 0.3) is 21.9 Å². The van der Waals surface area contributed by atoms with Gasteiger partial charge in [0, 0.05) is 10.8 Å². The standard InChI is InChI=1S/C18H15NO2/c1-19-18(16-10-12-6-2-4-8-14(12)20-16)17-11-13-7-3-5-9-15(13)21-17/h2-11,18-19H,1H3. The Kier molecular flexibility index (Phi) is 2.79. The van der Waals surface area contributed by atoms with E-state index in [9.17, 15) is 0 Å². The van der Waals surface area contributed by atoms with Crippen LogP contribution >= 0.6 is 0 Å². The zero-order valence-corrected chi connectivity index (χ0v) is 11.7. The summed E-state index contributed by atoms with van der Waals surface area (Å²) in [5.41, 5.74) is 1.78. The maximum atomic E-state index is 5.95. The molecular weight excluding hydrogens is 262 g/mol. The third-order valence-electron chi connectivity index (χ3n) is 3.75. The molecule has 1 N–H and O–H groups in total. The van der Waals surface area contributed by atoms with Crippen LogP contribution in [0.4, 0.5) is 0 Å². The number of furan rings is 2. The first-order valence-electron chi connectivity index (χ1n) is 6.99. The second-order valence-corrected chi connectivity index (χ2v) is 5.09. The fourth-order valence-corrected chi connectivity index (χ4v) is 2.71. The minimum atomic E-state index is -0.0928. The van der Waals surface area contributed by atoms with Crippen LogP contribution in [0.5, 0.6) is 0 Å². The molecule has 4 aromatic rings. The maximum Gasteiger partial charge on any atom is 0.134 e. The van der Waals surface area contributed by atoms with Crippen molar-refractivity contribution in [1.82, 2.24) is 5.32 Å². The summed E-state index contributed by atoms with van der Waals surface area (Å²) in [6.45, 7) is 0. The molecule has 0 aliphatic heterocycles. The molecule has 3 nitrogen and oxygen atoms in total. The van der Waals surface area contributed by atoms with E-state index in [0.29, 0.717) is 0 Å². The zero-order valence-electron chi connectivity index (χ0n) is 11.7. The fraction of sp³-hybridized carbons (Fsp3) is 0.111. The Hall–Kier alpha value is -2.52. The molecule has 0 saturated heterocycles. The first kappa shape index (κ1) is 12.2. The molecular formula is C18H15NO2. The summed E-state index contributed by atoms with van der Waals surface area (Å²) < 4.78 is 11.9. The van der Waals surface area contributed by atoms with E-state index in [4.69, 9.17) is 8.83 Å². The lowest BCUT2D eigenvalue weighted by Gasteiger charge is -2.09. The molecule has 0 aliphatic carbocycles. The minimum absolute atomic E-state index is 0.0928. The van der Waals surface area contributed by atoms with Gasteiger partial charge in [-0.15, -0.1) is 0 Å². The van der Waals surface area contributed by atoms with Crippen molar-refractivity contribution in [3.8, 4) is 0 Å². The molecule has 0 bridgehead atoms. The van der Waals surface area contributed by atoms with Gasteiger partial charge in [-0.2, -0.15) is 0 Å². The van der Waals surface area contributed by atoms with E-state index in [1.807, 2.05) is 55.6 Å². The summed E-state index contributed by atoms with van der Waals surface area (Å²) in [6, 6.07) is 20.1. The highest BCUT2D eigenvalue weighted by Gasteiger charge is 2.20. The summed E-state index contributed by atoms with van der Waals surface area (Å²) in [4.78, 5) is 0. The molecule has 0 spiro atoms. The summed E-state index contributed by atoms with van der Waals surface area (Å²) in [6.07, 6.45) is 0. The van der Waals surface area contributed by atoms with Crippen LogP contribution in [0.15, 0.2) is 69.5 Å². The molecule has 0 atom stereocenters. The lowest BCUT2D eigenvalue weighted by atomic mass is 10.1. The van der Waals surface area contributed by atoms with Gasteiger partial charge >= 0.3 is 0 Å². The number of para-hydroxylation sites is 2.